The highest BCUT2D eigenvalue weighted by atomic mass is 79.9. The SMILES string of the molecule is NC(CC(=O)O)c1cc(O)c(O)c(Br)c1. The van der Waals surface area contributed by atoms with E-state index in [9.17, 15) is 15.0 Å². The van der Waals surface area contributed by atoms with Crippen LogP contribution in [-0.2, 0) is 4.79 Å². The van der Waals surface area contributed by atoms with Crippen molar-refractivity contribution in [3.63, 3.8) is 0 Å². The maximum absolute atomic E-state index is 10.4. The highest BCUT2D eigenvalue weighted by molar-refractivity contribution is 9.10. The Hall–Kier alpha value is -1.27. The molecule has 0 aliphatic rings. The first-order chi connectivity index (χ1) is 6.91. The lowest BCUT2D eigenvalue weighted by Crippen LogP contribution is -2.14. The molecule has 0 aliphatic carbocycles. The Bertz CT molecular complexity index is 371. The van der Waals surface area contributed by atoms with Crippen molar-refractivity contribution in [3.05, 3.63) is 22.2 Å². The Labute approximate surface area is 94.3 Å². The minimum atomic E-state index is -1.02. The van der Waals surface area contributed by atoms with Crippen LogP contribution in [0, 0.1) is 0 Å². The summed E-state index contributed by atoms with van der Waals surface area (Å²) in [6.07, 6.45) is -0.239. The van der Waals surface area contributed by atoms with Gasteiger partial charge < -0.3 is 21.1 Å². The van der Waals surface area contributed by atoms with E-state index in [1.54, 1.807) is 0 Å². The standard InChI is InChI=1S/C9H10BrNO4/c10-5-1-4(2-7(12)9(5)15)6(11)3-8(13)14/h1-2,6,12,15H,3,11H2,(H,13,14). The minimum absolute atomic E-state index is 0.239. The summed E-state index contributed by atoms with van der Waals surface area (Å²) in [5, 5.41) is 27.1. The molecule has 82 valence electrons. The summed E-state index contributed by atoms with van der Waals surface area (Å²) in [4.78, 5) is 10.4. The topological polar surface area (TPSA) is 104 Å². The van der Waals surface area contributed by atoms with E-state index in [0.717, 1.165) is 0 Å². The van der Waals surface area contributed by atoms with Gasteiger partial charge in [0.25, 0.3) is 0 Å². The van der Waals surface area contributed by atoms with E-state index in [0.29, 0.717) is 5.56 Å². The normalized spacial score (nSPS) is 12.4. The molecule has 0 aliphatic heterocycles. The van der Waals surface area contributed by atoms with Crippen LogP contribution in [0.1, 0.15) is 18.0 Å². The number of benzene rings is 1. The van der Waals surface area contributed by atoms with Crippen LogP contribution >= 0.6 is 15.9 Å². The fraction of sp³-hybridized carbons (Fsp3) is 0.222. The van der Waals surface area contributed by atoms with E-state index < -0.39 is 12.0 Å². The van der Waals surface area contributed by atoms with Gasteiger partial charge in [0, 0.05) is 6.04 Å². The molecule has 0 amide bonds. The Morgan fingerprint density at radius 1 is 1.47 bits per heavy atom. The summed E-state index contributed by atoms with van der Waals surface area (Å²) >= 11 is 3.02. The van der Waals surface area contributed by atoms with Gasteiger partial charge in [0.2, 0.25) is 0 Å². The number of carbonyl (C=O) groups is 1. The van der Waals surface area contributed by atoms with Crippen LogP contribution in [-0.4, -0.2) is 21.3 Å². The molecule has 0 saturated carbocycles. The third kappa shape index (κ3) is 2.84. The number of aromatic hydroxyl groups is 2. The second kappa shape index (κ2) is 4.50. The molecule has 0 saturated heterocycles. The average molecular weight is 276 g/mol. The second-order valence-electron chi connectivity index (χ2n) is 3.07. The van der Waals surface area contributed by atoms with Crippen LogP contribution in [0.2, 0.25) is 0 Å². The van der Waals surface area contributed by atoms with Gasteiger partial charge >= 0.3 is 5.97 Å². The number of hydrogen-bond donors (Lipinski definition) is 4. The molecule has 1 unspecified atom stereocenters. The van der Waals surface area contributed by atoms with E-state index in [1.165, 1.54) is 12.1 Å². The highest BCUT2D eigenvalue weighted by Gasteiger charge is 2.14. The van der Waals surface area contributed by atoms with Gasteiger partial charge in [0.05, 0.1) is 10.9 Å². The zero-order valence-corrected chi connectivity index (χ0v) is 9.23. The second-order valence-corrected chi connectivity index (χ2v) is 3.93. The van der Waals surface area contributed by atoms with Gasteiger partial charge in [-0.15, -0.1) is 0 Å². The van der Waals surface area contributed by atoms with Gasteiger partial charge in [-0.25, -0.2) is 0 Å². The van der Waals surface area contributed by atoms with Gasteiger partial charge in [-0.2, -0.15) is 0 Å². The lowest BCUT2D eigenvalue weighted by Gasteiger charge is -2.11. The molecule has 1 aromatic rings. The molecule has 5 N–H and O–H groups in total. The molecule has 5 nitrogen and oxygen atoms in total. The van der Waals surface area contributed by atoms with Gasteiger partial charge in [0.15, 0.2) is 11.5 Å². The number of hydrogen-bond acceptors (Lipinski definition) is 4. The van der Waals surface area contributed by atoms with Crippen molar-refractivity contribution >= 4 is 21.9 Å². The van der Waals surface area contributed by atoms with Gasteiger partial charge in [-0.05, 0) is 33.6 Å². The summed E-state index contributed by atoms with van der Waals surface area (Å²) in [5.41, 5.74) is 6.03. The van der Waals surface area contributed by atoms with Crippen molar-refractivity contribution in [2.24, 2.45) is 5.73 Å². The highest BCUT2D eigenvalue weighted by Crippen LogP contribution is 2.36. The number of aliphatic carboxylic acids is 1. The Balaban J connectivity index is 3.00. The molecular formula is C9H10BrNO4. The molecule has 0 aromatic heterocycles. The molecule has 0 bridgehead atoms. The minimum Gasteiger partial charge on any atom is -0.504 e. The van der Waals surface area contributed by atoms with Crippen molar-refractivity contribution in [3.8, 4) is 11.5 Å². The maximum Gasteiger partial charge on any atom is 0.305 e. The van der Waals surface area contributed by atoms with Gasteiger partial charge in [-0.3, -0.25) is 4.79 Å². The van der Waals surface area contributed by atoms with E-state index in [1.807, 2.05) is 0 Å². The number of rotatable bonds is 3. The van der Waals surface area contributed by atoms with Crippen LogP contribution in [0.4, 0.5) is 0 Å². The van der Waals surface area contributed by atoms with E-state index in [-0.39, 0.29) is 22.4 Å². The van der Waals surface area contributed by atoms with Crippen LogP contribution < -0.4 is 5.73 Å². The molecule has 0 spiro atoms. The lowest BCUT2D eigenvalue weighted by molar-refractivity contribution is -0.137. The number of halogens is 1. The number of phenolic OH excluding ortho intramolecular Hbond substituents is 2. The number of carboxylic acid groups (broad SMARTS) is 1. The van der Waals surface area contributed by atoms with Crippen LogP contribution in [0.15, 0.2) is 16.6 Å². The summed E-state index contributed by atoms with van der Waals surface area (Å²) in [6, 6.07) is 2.00. The van der Waals surface area contributed by atoms with E-state index in [4.69, 9.17) is 10.8 Å². The number of nitrogens with two attached hydrogens (primary N) is 1. The first-order valence-electron chi connectivity index (χ1n) is 4.10. The van der Waals surface area contributed by atoms with Crippen molar-refractivity contribution in [1.82, 2.24) is 0 Å². The monoisotopic (exact) mass is 275 g/mol. The lowest BCUT2D eigenvalue weighted by atomic mass is 10.0. The third-order valence-electron chi connectivity index (χ3n) is 1.89. The predicted octanol–water partition coefficient (Wildman–Crippen LogP) is 1.33. The Morgan fingerprint density at radius 2 is 2.07 bits per heavy atom. The zero-order valence-electron chi connectivity index (χ0n) is 7.64. The first kappa shape index (κ1) is 11.8. The molecule has 0 fully saturated rings. The summed E-state index contributed by atoms with van der Waals surface area (Å²) in [7, 11) is 0. The average Bonchev–Trinajstić information content (AvgIpc) is 2.12. The molecule has 1 atom stereocenters. The van der Waals surface area contributed by atoms with E-state index in [2.05, 4.69) is 15.9 Å². The molecule has 15 heavy (non-hydrogen) atoms. The van der Waals surface area contributed by atoms with Crippen LogP contribution in [0.25, 0.3) is 0 Å². The molecule has 1 rings (SSSR count). The zero-order chi connectivity index (χ0) is 11.6. The fourth-order valence-corrected chi connectivity index (χ4v) is 1.59. The first-order valence-corrected chi connectivity index (χ1v) is 4.90. The van der Waals surface area contributed by atoms with Crippen molar-refractivity contribution < 1.29 is 20.1 Å². The quantitative estimate of drug-likeness (QED) is 0.623. The van der Waals surface area contributed by atoms with Crippen molar-refractivity contribution in [2.75, 3.05) is 0 Å². The maximum atomic E-state index is 10.4. The predicted molar refractivity (Wildman–Crippen MR) is 56.7 cm³/mol. The largest absolute Gasteiger partial charge is 0.504 e. The molecule has 0 heterocycles. The molecule has 0 radical (unpaired) electrons. The summed E-state index contributed by atoms with van der Waals surface area (Å²) in [6.45, 7) is 0. The molecular weight excluding hydrogens is 266 g/mol. The Morgan fingerprint density at radius 3 is 2.53 bits per heavy atom. The van der Waals surface area contributed by atoms with Crippen LogP contribution in [0.5, 0.6) is 11.5 Å². The summed E-state index contributed by atoms with van der Waals surface area (Å²) < 4.78 is 0.276. The van der Waals surface area contributed by atoms with Gasteiger partial charge in [-0.1, -0.05) is 0 Å². The number of phenols is 2. The number of carboxylic acids is 1. The van der Waals surface area contributed by atoms with Crippen molar-refractivity contribution in [1.29, 1.82) is 0 Å². The fourth-order valence-electron chi connectivity index (χ4n) is 1.12. The molecule has 6 heteroatoms. The van der Waals surface area contributed by atoms with Crippen LogP contribution in [0.3, 0.4) is 0 Å². The smallest absolute Gasteiger partial charge is 0.305 e. The van der Waals surface area contributed by atoms with E-state index >= 15 is 0 Å². The Kier molecular flexibility index (Phi) is 3.54. The van der Waals surface area contributed by atoms with Crippen molar-refractivity contribution in [2.45, 2.75) is 12.5 Å². The molecule has 1 aromatic carbocycles. The van der Waals surface area contributed by atoms with Gasteiger partial charge in [0.1, 0.15) is 0 Å². The summed E-state index contributed by atoms with van der Waals surface area (Å²) in [5.74, 6) is -1.65. The third-order valence-corrected chi connectivity index (χ3v) is 2.49.